The molecule has 0 aliphatic heterocycles. The van der Waals surface area contributed by atoms with Crippen molar-refractivity contribution in [2.75, 3.05) is 5.33 Å². The van der Waals surface area contributed by atoms with E-state index < -0.39 is 5.54 Å². The largest absolute Gasteiger partial charge is 0.346 e. The monoisotopic (exact) mass is 345 g/mol. The average Bonchev–Trinajstić information content (AvgIpc) is 2.50. The first-order valence-corrected chi connectivity index (χ1v) is 8.14. The van der Waals surface area contributed by atoms with Gasteiger partial charge in [0, 0.05) is 5.33 Å². The summed E-state index contributed by atoms with van der Waals surface area (Å²) < 4.78 is 0. The van der Waals surface area contributed by atoms with Crippen LogP contribution in [0, 0.1) is 6.92 Å². The molecular weight excluding hydrogens is 326 g/mol. The zero-order valence-corrected chi connectivity index (χ0v) is 14.0. The quantitative estimate of drug-likeness (QED) is 0.816. The van der Waals surface area contributed by atoms with E-state index in [-0.39, 0.29) is 5.91 Å². The second kappa shape index (κ2) is 6.90. The molecule has 0 radical (unpaired) electrons. The molecule has 0 saturated carbocycles. The molecule has 0 aliphatic carbocycles. The van der Waals surface area contributed by atoms with Crippen LogP contribution in [0.5, 0.6) is 0 Å². The van der Waals surface area contributed by atoms with E-state index in [4.69, 9.17) is 0 Å². The van der Waals surface area contributed by atoms with Crippen molar-refractivity contribution in [2.45, 2.75) is 25.8 Å². The minimum absolute atomic E-state index is 0.0321. The van der Waals surface area contributed by atoms with E-state index in [1.54, 1.807) is 0 Å². The van der Waals surface area contributed by atoms with Crippen LogP contribution in [-0.4, -0.2) is 11.2 Å². The Bertz CT molecular complexity index is 594. The highest BCUT2D eigenvalue weighted by Crippen LogP contribution is 2.23. The van der Waals surface area contributed by atoms with E-state index in [0.717, 1.165) is 11.1 Å². The Hall–Kier alpha value is -1.61. The number of carbonyl (C=O) groups excluding carboxylic acids is 1. The lowest BCUT2D eigenvalue weighted by atomic mass is 9.94. The summed E-state index contributed by atoms with van der Waals surface area (Å²) in [7, 11) is 0. The van der Waals surface area contributed by atoms with Crippen LogP contribution >= 0.6 is 15.9 Å². The molecule has 2 nitrogen and oxygen atoms in total. The lowest BCUT2D eigenvalue weighted by molar-refractivity contribution is -0.122. The molecule has 1 N–H and O–H groups in total. The Morgan fingerprint density at radius 2 is 1.71 bits per heavy atom. The topological polar surface area (TPSA) is 29.1 Å². The number of rotatable bonds is 5. The van der Waals surface area contributed by atoms with Gasteiger partial charge in [0.2, 0.25) is 5.91 Å². The van der Waals surface area contributed by atoms with Crippen LogP contribution < -0.4 is 5.32 Å². The van der Waals surface area contributed by atoms with Gasteiger partial charge in [-0.1, -0.05) is 76.1 Å². The maximum absolute atomic E-state index is 12.3. The van der Waals surface area contributed by atoms with Gasteiger partial charge in [-0.2, -0.15) is 0 Å². The molecule has 0 fully saturated rings. The predicted molar refractivity (Wildman–Crippen MR) is 90.6 cm³/mol. The number of benzene rings is 2. The van der Waals surface area contributed by atoms with Gasteiger partial charge in [-0.05, 0) is 25.0 Å². The predicted octanol–water partition coefficient (Wildman–Crippen LogP) is 3.96. The first-order valence-electron chi connectivity index (χ1n) is 7.01. The summed E-state index contributed by atoms with van der Waals surface area (Å²) in [6, 6.07) is 18.1. The second-order valence-corrected chi connectivity index (χ2v) is 6.10. The summed E-state index contributed by atoms with van der Waals surface area (Å²) in [4.78, 5) is 12.3. The lowest BCUT2D eigenvalue weighted by Gasteiger charge is -2.29. The van der Waals surface area contributed by atoms with Gasteiger partial charge in [-0.15, -0.1) is 0 Å². The number of amides is 1. The van der Waals surface area contributed by atoms with Gasteiger partial charge in [0.25, 0.3) is 0 Å². The molecule has 2 aromatic rings. The van der Waals surface area contributed by atoms with Crippen molar-refractivity contribution in [1.82, 2.24) is 5.32 Å². The van der Waals surface area contributed by atoms with Gasteiger partial charge in [0.05, 0.1) is 12.0 Å². The van der Waals surface area contributed by atoms with Crippen LogP contribution in [0.4, 0.5) is 0 Å². The summed E-state index contributed by atoms with van der Waals surface area (Å²) in [5.74, 6) is 0.0321. The third kappa shape index (κ3) is 4.18. The molecule has 1 atom stereocenters. The average molecular weight is 346 g/mol. The van der Waals surface area contributed by atoms with Crippen molar-refractivity contribution < 1.29 is 4.79 Å². The van der Waals surface area contributed by atoms with Crippen molar-refractivity contribution in [3.63, 3.8) is 0 Å². The molecule has 110 valence electrons. The first kappa shape index (κ1) is 15.8. The van der Waals surface area contributed by atoms with E-state index in [9.17, 15) is 4.79 Å². The van der Waals surface area contributed by atoms with E-state index in [1.807, 2.05) is 68.4 Å². The van der Waals surface area contributed by atoms with Gasteiger partial charge >= 0.3 is 0 Å². The van der Waals surface area contributed by atoms with E-state index >= 15 is 0 Å². The zero-order valence-electron chi connectivity index (χ0n) is 12.4. The van der Waals surface area contributed by atoms with Crippen molar-refractivity contribution in [3.8, 4) is 0 Å². The molecule has 2 aromatic carbocycles. The molecule has 0 heterocycles. The van der Waals surface area contributed by atoms with Crippen LogP contribution in [0.3, 0.4) is 0 Å². The van der Waals surface area contributed by atoms with E-state index in [1.165, 1.54) is 5.56 Å². The number of hydrogen-bond donors (Lipinski definition) is 1. The Balaban J connectivity index is 2.08. The molecule has 0 spiro atoms. The maximum Gasteiger partial charge on any atom is 0.225 e. The van der Waals surface area contributed by atoms with E-state index in [2.05, 4.69) is 21.2 Å². The second-order valence-electron chi connectivity index (χ2n) is 5.54. The number of nitrogens with one attached hydrogen (secondary N) is 1. The third-order valence-corrected chi connectivity index (χ3v) is 4.70. The van der Waals surface area contributed by atoms with Crippen LogP contribution in [0.1, 0.15) is 23.6 Å². The van der Waals surface area contributed by atoms with Gasteiger partial charge in [-0.3, -0.25) is 4.79 Å². The normalized spacial score (nSPS) is 13.5. The fraction of sp³-hybridized carbons (Fsp3) is 0.278. The van der Waals surface area contributed by atoms with Gasteiger partial charge in [0.1, 0.15) is 0 Å². The molecule has 2 rings (SSSR count). The highest BCUT2D eigenvalue weighted by atomic mass is 79.9. The Labute approximate surface area is 134 Å². The number of aryl methyl sites for hydroxylation is 1. The smallest absolute Gasteiger partial charge is 0.225 e. The van der Waals surface area contributed by atoms with Gasteiger partial charge in [0.15, 0.2) is 0 Å². The van der Waals surface area contributed by atoms with Crippen LogP contribution in [0.25, 0.3) is 0 Å². The molecule has 21 heavy (non-hydrogen) atoms. The van der Waals surface area contributed by atoms with Crippen molar-refractivity contribution in [1.29, 1.82) is 0 Å². The summed E-state index contributed by atoms with van der Waals surface area (Å²) >= 11 is 3.52. The highest BCUT2D eigenvalue weighted by Gasteiger charge is 2.27. The highest BCUT2D eigenvalue weighted by molar-refractivity contribution is 9.09. The van der Waals surface area contributed by atoms with Crippen LogP contribution in [0.2, 0.25) is 0 Å². The molecule has 1 amide bonds. The number of alkyl halides is 1. The molecule has 3 heteroatoms. The van der Waals surface area contributed by atoms with Crippen molar-refractivity contribution in [2.24, 2.45) is 0 Å². The maximum atomic E-state index is 12.3. The molecule has 0 aromatic heterocycles. The van der Waals surface area contributed by atoms with Gasteiger partial charge < -0.3 is 5.32 Å². The minimum Gasteiger partial charge on any atom is -0.346 e. The first-order chi connectivity index (χ1) is 10.0. The summed E-state index contributed by atoms with van der Waals surface area (Å²) in [5.41, 5.74) is 2.93. The van der Waals surface area contributed by atoms with Crippen molar-refractivity contribution >= 4 is 21.8 Å². The Kier molecular flexibility index (Phi) is 5.18. The van der Waals surface area contributed by atoms with Gasteiger partial charge in [-0.25, -0.2) is 0 Å². The molecule has 1 unspecified atom stereocenters. The molecular formula is C18H20BrNO. The number of hydrogen-bond acceptors (Lipinski definition) is 1. The third-order valence-electron chi connectivity index (χ3n) is 3.58. The zero-order chi connectivity index (χ0) is 15.3. The van der Waals surface area contributed by atoms with Crippen molar-refractivity contribution in [3.05, 3.63) is 71.3 Å². The Morgan fingerprint density at radius 1 is 1.10 bits per heavy atom. The Morgan fingerprint density at radius 3 is 2.29 bits per heavy atom. The fourth-order valence-corrected chi connectivity index (χ4v) is 2.70. The summed E-state index contributed by atoms with van der Waals surface area (Å²) in [5, 5.41) is 3.81. The lowest BCUT2D eigenvalue weighted by Crippen LogP contribution is -2.45. The molecule has 0 bridgehead atoms. The SMILES string of the molecule is Cc1ccc(CC(=O)NC(C)(CBr)c2ccccc2)cc1. The molecule has 0 aliphatic rings. The van der Waals surface area contributed by atoms with Crippen LogP contribution in [-0.2, 0) is 16.8 Å². The van der Waals surface area contributed by atoms with Crippen LogP contribution in [0.15, 0.2) is 54.6 Å². The standard InChI is InChI=1S/C18H20BrNO/c1-14-8-10-15(11-9-14)12-17(21)20-18(2,13-19)16-6-4-3-5-7-16/h3-11H,12-13H2,1-2H3,(H,20,21). The summed E-state index contributed by atoms with van der Waals surface area (Å²) in [6.07, 6.45) is 0.399. The van der Waals surface area contributed by atoms with E-state index in [0.29, 0.717) is 11.8 Å². The minimum atomic E-state index is -0.400. The summed E-state index contributed by atoms with van der Waals surface area (Å²) in [6.45, 7) is 4.07. The fourth-order valence-electron chi connectivity index (χ4n) is 2.23. The number of carbonyl (C=O) groups is 1. The number of halogens is 1. The molecule has 0 saturated heterocycles.